The first-order valence-corrected chi connectivity index (χ1v) is 12.5. The number of fused-ring (bicyclic) bond motifs is 1. The predicted molar refractivity (Wildman–Crippen MR) is 137 cm³/mol. The second-order valence-corrected chi connectivity index (χ2v) is 8.85. The zero-order valence-corrected chi connectivity index (χ0v) is 20.4. The summed E-state index contributed by atoms with van der Waals surface area (Å²) in [5.74, 6) is 0.743. The highest BCUT2D eigenvalue weighted by molar-refractivity contribution is 7.17. The van der Waals surface area contributed by atoms with Gasteiger partial charge in [-0.3, -0.25) is 9.78 Å². The van der Waals surface area contributed by atoms with Gasteiger partial charge in [-0.2, -0.15) is 0 Å². The van der Waals surface area contributed by atoms with E-state index in [0.29, 0.717) is 72.0 Å². The Morgan fingerprint density at radius 2 is 1.92 bits per heavy atom. The molecule has 0 fully saturated rings. The number of aliphatic hydroxyl groups excluding tert-OH is 2. The normalized spacial score (nSPS) is 11.1. The minimum atomic E-state index is -0.419. The van der Waals surface area contributed by atoms with Crippen LogP contribution in [0.3, 0.4) is 0 Å². The molecule has 11 nitrogen and oxygen atoms in total. The third kappa shape index (κ3) is 6.08. The SMILES string of the molecule is O=C(NCCc1cnc(=O)[nH]c1)c1csc2nc(-c3ccccn3)nc(N(CCCO)CCCO)c12. The molecule has 0 unspecified atom stereocenters. The lowest BCUT2D eigenvalue weighted by Gasteiger charge is -2.24. The van der Waals surface area contributed by atoms with Gasteiger partial charge in [-0.25, -0.2) is 19.7 Å². The molecule has 12 heteroatoms. The van der Waals surface area contributed by atoms with Gasteiger partial charge < -0.3 is 25.4 Å². The van der Waals surface area contributed by atoms with Gasteiger partial charge in [-0.15, -0.1) is 11.3 Å². The van der Waals surface area contributed by atoms with E-state index in [-0.39, 0.29) is 19.1 Å². The van der Waals surface area contributed by atoms with E-state index in [1.165, 1.54) is 17.5 Å². The maximum absolute atomic E-state index is 13.2. The summed E-state index contributed by atoms with van der Waals surface area (Å²) in [5, 5.41) is 24.2. The highest BCUT2D eigenvalue weighted by Gasteiger charge is 2.23. The van der Waals surface area contributed by atoms with Gasteiger partial charge in [-0.05, 0) is 37.0 Å². The number of aromatic amines is 1. The van der Waals surface area contributed by atoms with Crippen LogP contribution in [0.15, 0.2) is 47.0 Å². The molecule has 4 aromatic rings. The number of carbonyl (C=O) groups excluding carboxylic acids is 1. The van der Waals surface area contributed by atoms with Crippen LogP contribution in [0.2, 0.25) is 0 Å². The molecule has 0 radical (unpaired) electrons. The Kier molecular flexibility index (Phi) is 8.66. The number of carbonyl (C=O) groups is 1. The Hall–Kier alpha value is -3.74. The van der Waals surface area contributed by atoms with Crippen molar-refractivity contribution in [3.8, 4) is 11.5 Å². The predicted octanol–water partition coefficient (Wildman–Crippen LogP) is 1.38. The number of hydrogen-bond donors (Lipinski definition) is 4. The highest BCUT2D eigenvalue weighted by atomic mass is 32.1. The summed E-state index contributed by atoms with van der Waals surface area (Å²) in [5.41, 5.74) is 1.44. The molecule has 0 aromatic carbocycles. The molecule has 0 spiro atoms. The van der Waals surface area contributed by atoms with E-state index in [0.717, 1.165) is 5.56 Å². The van der Waals surface area contributed by atoms with E-state index in [2.05, 4.69) is 25.3 Å². The molecular formula is C24H27N7O4S. The molecule has 0 saturated carbocycles. The largest absolute Gasteiger partial charge is 0.396 e. The zero-order chi connectivity index (χ0) is 25.3. The number of H-pyrrole nitrogens is 1. The average Bonchev–Trinajstić information content (AvgIpc) is 3.34. The quantitative estimate of drug-likeness (QED) is 0.221. The number of nitrogens with zero attached hydrogens (tertiary/aromatic N) is 5. The topological polar surface area (TPSA) is 157 Å². The van der Waals surface area contributed by atoms with Crippen LogP contribution in [0.5, 0.6) is 0 Å². The number of hydrogen-bond acceptors (Lipinski definition) is 10. The van der Waals surface area contributed by atoms with Crippen LogP contribution in [-0.2, 0) is 6.42 Å². The van der Waals surface area contributed by atoms with Crippen molar-refractivity contribution in [3.63, 3.8) is 0 Å². The van der Waals surface area contributed by atoms with E-state index >= 15 is 0 Å². The molecule has 36 heavy (non-hydrogen) atoms. The fourth-order valence-electron chi connectivity index (χ4n) is 3.70. The van der Waals surface area contributed by atoms with Crippen LogP contribution in [0.25, 0.3) is 21.7 Å². The first-order valence-electron chi connectivity index (χ1n) is 11.6. The summed E-state index contributed by atoms with van der Waals surface area (Å²) < 4.78 is 0. The number of nitrogens with one attached hydrogen (secondary N) is 2. The molecule has 4 aromatic heterocycles. The number of pyridine rings is 1. The molecule has 4 rings (SSSR count). The van der Waals surface area contributed by atoms with Gasteiger partial charge in [0.05, 0.1) is 10.9 Å². The molecule has 0 bridgehead atoms. The third-order valence-electron chi connectivity index (χ3n) is 5.45. The minimum absolute atomic E-state index is 0.00748. The lowest BCUT2D eigenvalue weighted by atomic mass is 10.1. The van der Waals surface area contributed by atoms with Crippen molar-refractivity contribution >= 4 is 33.3 Å². The fraction of sp³-hybridized carbons (Fsp3) is 0.333. The Balaban J connectivity index is 1.68. The van der Waals surface area contributed by atoms with Crippen LogP contribution in [0.4, 0.5) is 5.82 Å². The minimum Gasteiger partial charge on any atom is -0.396 e. The van der Waals surface area contributed by atoms with Gasteiger partial charge in [-0.1, -0.05) is 6.07 Å². The summed E-state index contributed by atoms with van der Waals surface area (Å²) in [4.78, 5) is 47.0. The summed E-state index contributed by atoms with van der Waals surface area (Å²) >= 11 is 1.35. The number of aliphatic hydroxyl groups is 2. The summed E-state index contributed by atoms with van der Waals surface area (Å²) in [6.07, 6.45) is 6.25. The van der Waals surface area contributed by atoms with Gasteiger partial charge in [0.15, 0.2) is 5.82 Å². The van der Waals surface area contributed by atoms with Crippen LogP contribution in [0.1, 0.15) is 28.8 Å². The van der Waals surface area contributed by atoms with Crippen molar-refractivity contribution < 1.29 is 15.0 Å². The molecule has 4 heterocycles. The maximum atomic E-state index is 13.2. The van der Waals surface area contributed by atoms with Crippen molar-refractivity contribution in [2.75, 3.05) is 37.7 Å². The van der Waals surface area contributed by atoms with Gasteiger partial charge in [0.25, 0.3) is 5.91 Å². The standard InChI is InChI=1S/C24H27N7O4S/c32-11-3-9-31(10-4-12-33)21-19-17(22(34)26-8-6-16-13-27-24(35)28-14-16)15-36-23(19)30-20(29-21)18-5-1-2-7-25-18/h1-2,5,7,13-15,32-33H,3-4,6,8-12H2,(H,26,34)(H,27,28,35). The highest BCUT2D eigenvalue weighted by Crippen LogP contribution is 2.34. The monoisotopic (exact) mass is 509 g/mol. The first-order chi connectivity index (χ1) is 17.6. The lowest BCUT2D eigenvalue weighted by molar-refractivity contribution is 0.0956. The van der Waals surface area contributed by atoms with Crippen LogP contribution in [0, 0.1) is 0 Å². The Labute approximate surface area is 210 Å². The third-order valence-corrected chi connectivity index (χ3v) is 6.33. The second-order valence-electron chi connectivity index (χ2n) is 7.99. The van der Waals surface area contributed by atoms with Crippen LogP contribution < -0.4 is 15.9 Å². The van der Waals surface area contributed by atoms with E-state index in [4.69, 9.17) is 4.98 Å². The summed E-state index contributed by atoms with van der Waals surface area (Å²) in [7, 11) is 0. The zero-order valence-electron chi connectivity index (χ0n) is 19.6. The molecule has 0 aliphatic heterocycles. The number of amides is 1. The van der Waals surface area contributed by atoms with Crippen molar-refractivity contribution in [1.29, 1.82) is 0 Å². The summed E-state index contributed by atoms with van der Waals surface area (Å²) in [6.45, 7) is 1.37. The maximum Gasteiger partial charge on any atom is 0.344 e. The smallest absolute Gasteiger partial charge is 0.344 e. The van der Waals surface area contributed by atoms with Gasteiger partial charge in [0.1, 0.15) is 16.3 Å². The Bertz CT molecular complexity index is 1330. The van der Waals surface area contributed by atoms with Crippen molar-refractivity contribution in [3.05, 3.63) is 63.8 Å². The van der Waals surface area contributed by atoms with E-state index in [1.54, 1.807) is 17.8 Å². The first kappa shape index (κ1) is 25.4. The van der Waals surface area contributed by atoms with E-state index in [1.807, 2.05) is 23.1 Å². The number of rotatable bonds is 12. The second kappa shape index (κ2) is 12.3. The molecule has 0 atom stereocenters. The average molecular weight is 510 g/mol. The number of thiophene rings is 1. The summed E-state index contributed by atoms with van der Waals surface area (Å²) in [6, 6.07) is 5.49. The Morgan fingerprint density at radius 3 is 2.58 bits per heavy atom. The molecule has 0 aliphatic carbocycles. The molecule has 0 saturated heterocycles. The van der Waals surface area contributed by atoms with Crippen LogP contribution in [-0.4, -0.2) is 73.9 Å². The van der Waals surface area contributed by atoms with E-state index in [9.17, 15) is 19.8 Å². The lowest BCUT2D eigenvalue weighted by Crippen LogP contribution is -2.29. The van der Waals surface area contributed by atoms with Gasteiger partial charge in [0.2, 0.25) is 0 Å². The van der Waals surface area contributed by atoms with Crippen LogP contribution >= 0.6 is 11.3 Å². The van der Waals surface area contributed by atoms with E-state index < -0.39 is 5.69 Å². The van der Waals surface area contributed by atoms with Crippen molar-refractivity contribution in [2.24, 2.45) is 0 Å². The van der Waals surface area contributed by atoms with Gasteiger partial charge in [0, 0.05) is 56.8 Å². The fourth-order valence-corrected chi connectivity index (χ4v) is 4.61. The number of anilines is 1. The van der Waals surface area contributed by atoms with Gasteiger partial charge >= 0.3 is 5.69 Å². The van der Waals surface area contributed by atoms with Crippen molar-refractivity contribution in [1.82, 2.24) is 30.2 Å². The molecule has 188 valence electrons. The molecule has 1 amide bonds. The molecular weight excluding hydrogens is 482 g/mol. The number of aromatic nitrogens is 5. The van der Waals surface area contributed by atoms with Crippen molar-refractivity contribution in [2.45, 2.75) is 19.3 Å². The molecule has 0 aliphatic rings. The molecule has 4 N–H and O–H groups in total. The Morgan fingerprint density at radius 1 is 1.11 bits per heavy atom.